The number of ether oxygens (including phenoxy) is 1. The third kappa shape index (κ3) is 3.43. The Bertz CT molecular complexity index is 412. The predicted molar refractivity (Wildman–Crippen MR) is 77.2 cm³/mol. The summed E-state index contributed by atoms with van der Waals surface area (Å²) >= 11 is 0. The Morgan fingerprint density at radius 1 is 1.35 bits per heavy atom. The molecule has 1 aliphatic heterocycles. The van der Waals surface area contributed by atoms with Crippen molar-refractivity contribution >= 4 is 0 Å². The van der Waals surface area contributed by atoms with Gasteiger partial charge in [0.05, 0.1) is 13.2 Å². The molecule has 3 N–H and O–H groups in total. The minimum atomic E-state index is -0.00791. The number of rotatable bonds is 4. The molecule has 0 saturated carbocycles. The van der Waals surface area contributed by atoms with Gasteiger partial charge in [-0.1, -0.05) is 0 Å². The summed E-state index contributed by atoms with van der Waals surface area (Å²) in [5, 5.41) is 0. The van der Waals surface area contributed by atoms with Crippen molar-refractivity contribution in [3.8, 4) is 6.01 Å². The zero-order valence-electron chi connectivity index (χ0n) is 12.4. The normalized spacial score (nSPS) is 23.3. The van der Waals surface area contributed by atoms with E-state index in [1.54, 1.807) is 19.5 Å². The van der Waals surface area contributed by atoms with Crippen LogP contribution in [0, 0.1) is 0 Å². The highest BCUT2D eigenvalue weighted by atomic mass is 16.5. The molecule has 2 atom stereocenters. The Hall–Kier alpha value is -1.28. The molecule has 1 fully saturated rings. The molecule has 1 aliphatic rings. The molecule has 1 aromatic heterocycles. The monoisotopic (exact) mass is 280 g/mol. The highest BCUT2D eigenvalue weighted by Crippen LogP contribution is 2.22. The Labute approximate surface area is 120 Å². The summed E-state index contributed by atoms with van der Waals surface area (Å²) in [6.45, 7) is 3.12. The first-order chi connectivity index (χ1) is 9.65. The lowest BCUT2D eigenvalue weighted by molar-refractivity contribution is 0.178. The Balaban J connectivity index is 2.19. The maximum atomic E-state index is 5.78. The first-order valence-electron chi connectivity index (χ1n) is 6.86. The van der Waals surface area contributed by atoms with Crippen LogP contribution in [-0.2, 0) is 0 Å². The number of hydrogen-bond acceptors (Lipinski definition) is 7. The van der Waals surface area contributed by atoms with Gasteiger partial charge in [0.15, 0.2) is 0 Å². The van der Waals surface area contributed by atoms with Crippen LogP contribution in [0.3, 0.4) is 0 Å². The van der Waals surface area contributed by atoms with Crippen molar-refractivity contribution in [2.45, 2.75) is 18.5 Å². The quantitative estimate of drug-likeness (QED) is 0.575. The first kappa shape index (κ1) is 15.1. The molecule has 0 aromatic carbocycles. The van der Waals surface area contributed by atoms with Gasteiger partial charge in [-0.15, -0.1) is 0 Å². The molecule has 20 heavy (non-hydrogen) atoms. The van der Waals surface area contributed by atoms with Crippen molar-refractivity contribution < 1.29 is 4.74 Å². The highest BCUT2D eigenvalue weighted by Gasteiger charge is 2.29. The average molecular weight is 280 g/mol. The van der Waals surface area contributed by atoms with Crippen molar-refractivity contribution in [2.75, 3.05) is 40.8 Å². The van der Waals surface area contributed by atoms with Gasteiger partial charge in [-0.05, 0) is 33.6 Å². The Morgan fingerprint density at radius 2 is 2.05 bits per heavy atom. The average Bonchev–Trinajstić information content (AvgIpc) is 2.62. The number of nitrogens with one attached hydrogen (secondary N) is 1. The van der Waals surface area contributed by atoms with Crippen LogP contribution in [0.1, 0.15) is 18.0 Å². The summed E-state index contributed by atoms with van der Waals surface area (Å²) in [5.41, 5.74) is 3.89. The van der Waals surface area contributed by atoms with Crippen molar-refractivity contribution in [2.24, 2.45) is 5.84 Å². The second kappa shape index (κ2) is 6.94. The summed E-state index contributed by atoms with van der Waals surface area (Å²) in [6, 6.07) is 0.645. The van der Waals surface area contributed by atoms with E-state index in [-0.39, 0.29) is 12.1 Å². The number of aromatic nitrogens is 2. The summed E-state index contributed by atoms with van der Waals surface area (Å²) in [6.07, 6.45) is 4.71. The van der Waals surface area contributed by atoms with E-state index in [9.17, 15) is 0 Å². The Morgan fingerprint density at radius 3 is 2.65 bits per heavy atom. The van der Waals surface area contributed by atoms with Crippen LogP contribution >= 0.6 is 0 Å². The predicted octanol–water partition coefficient (Wildman–Crippen LogP) is -0.374. The van der Waals surface area contributed by atoms with Crippen molar-refractivity contribution in [1.29, 1.82) is 0 Å². The summed E-state index contributed by atoms with van der Waals surface area (Å²) in [4.78, 5) is 13.0. The second-order valence-electron chi connectivity index (χ2n) is 5.31. The molecule has 2 unspecified atom stereocenters. The zero-order valence-corrected chi connectivity index (χ0v) is 12.4. The molecule has 0 radical (unpaired) electrons. The SMILES string of the molecule is COc1ncc(C(NN)C2CN(C)CCCN2C)cn1. The minimum absolute atomic E-state index is 0.00791. The van der Waals surface area contributed by atoms with Crippen LogP contribution < -0.4 is 16.0 Å². The fourth-order valence-corrected chi connectivity index (χ4v) is 2.69. The van der Waals surface area contributed by atoms with Crippen molar-refractivity contribution in [3.05, 3.63) is 18.0 Å². The largest absolute Gasteiger partial charge is 0.467 e. The highest BCUT2D eigenvalue weighted by molar-refractivity contribution is 5.15. The standard InChI is InChI=1S/C13H24N6O/c1-18-5-4-6-19(2)11(9-18)12(17-14)10-7-15-13(20-3)16-8-10/h7-8,11-12,17H,4-6,9,14H2,1-3H3. The smallest absolute Gasteiger partial charge is 0.316 e. The van der Waals surface area contributed by atoms with Gasteiger partial charge in [0, 0.05) is 30.5 Å². The second-order valence-corrected chi connectivity index (χ2v) is 5.31. The number of methoxy groups -OCH3 is 1. The van der Waals surface area contributed by atoms with E-state index in [4.69, 9.17) is 10.6 Å². The van der Waals surface area contributed by atoms with Gasteiger partial charge in [0.1, 0.15) is 0 Å². The fraction of sp³-hybridized carbons (Fsp3) is 0.692. The lowest BCUT2D eigenvalue weighted by Crippen LogP contribution is -2.49. The molecule has 0 spiro atoms. The Kier molecular flexibility index (Phi) is 5.24. The van der Waals surface area contributed by atoms with Crippen LogP contribution in [0.5, 0.6) is 6.01 Å². The summed E-state index contributed by atoms with van der Waals surface area (Å²) < 4.78 is 4.99. The van der Waals surface area contributed by atoms with Gasteiger partial charge in [0.2, 0.25) is 0 Å². The van der Waals surface area contributed by atoms with Crippen LogP contribution in [0.2, 0.25) is 0 Å². The minimum Gasteiger partial charge on any atom is -0.467 e. The van der Waals surface area contributed by atoms with E-state index in [1.165, 1.54) is 6.42 Å². The van der Waals surface area contributed by atoms with Crippen molar-refractivity contribution in [3.63, 3.8) is 0 Å². The topological polar surface area (TPSA) is 79.5 Å². The van der Waals surface area contributed by atoms with Crippen LogP contribution in [-0.4, -0.2) is 66.6 Å². The molecular formula is C13H24N6O. The van der Waals surface area contributed by atoms with Crippen LogP contribution in [0.25, 0.3) is 0 Å². The van der Waals surface area contributed by atoms with Gasteiger partial charge < -0.3 is 14.5 Å². The van der Waals surface area contributed by atoms with Crippen LogP contribution in [0.15, 0.2) is 12.4 Å². The van der Waals surface area contributed by atoms with Gasteiger partial charge in [0.25, 0.3) is 0 Å². The third-order valence-corrected chi connectivity index (χ3v) is 3.87. The lowest BCUT2D eigenvalue weighted by Gasteiger charge is -2.34. The molecule has 7 nitrogen and oxygen atoms in total. The first-order valence-corrected chi connectivity index (χ1v) is 6.86. The molecule has 0 aliphatic carbocycles. The third-order valence-electron chi connectivity index (χ3n) is 3.87. The van der Waals surface area contributed by atoms with E-state index in [0.717, 1.165) is 25.2 Å². The number of nitrogens with zero attached hydrogens (tertiary/aromatic N) is 4. The van der Waals surface area contributed by atoms with Gasteiger partial charge in [-0.25, -0.2) is 9.97 Å². The molecule has 112 valence electrons. The van der Waals surface area contributed by atoms with Gasteiger partial charge >= 0.3 is 6.01 Å². The molecule has 2 heterocycles. The maximum Gasteiger partial charge on any atom is 0.316 e. The molecular weight excluding hydrogens is 256 g/mol. The maximum absolute atomic E-state index is 5.78. The summed E-state index contributed by atoms with van der Waals surface area (Å²) in [5.74, 6) is 5.78. The molecule has 0 bridgehead atoms. The van der Waals surface area contributed by atoms with E-state index < -0.39 is 0 Å². The number of likely N-dealkylation sites (N-methyl/N-ethyl adjacent to an activating group) is 2. The number of nitrogens with two attached hydrogens (primary N) is 1. The van der Waals surface area contributed by atoms with E-state index >= 15 is 0 Å². The van der Waals surface area contributed by atoms with Gasteiger partial charge in [-0.2, -0.15) is 0 Å². The van der Waals surface area contributed by atoms with Crippen molar-refractivity contribution in [1.82, 2.24) is 25.2 Å². The molecule has 7 heteroatoms. The van der Waals surface area contributed by atoms with E-state index in [1.807, 2.05) is 0 Å². The molecule has 0 amide bonds. The fourth-order valence-electron chi connectivity index (χ4n) is 2.69. The lowest BCUT2D eigenvalue weighted by atomic mass is 10.0. The van der Waals surface area contributed by atoms with Gasteiger partial charge in [-0.3, -0.25) is 11.3 Å². The number of hydrazine groups is 1. The molecule has 1 aromatic rings. The van der Waals surface area contributed by atoms with E-state index in [2.05, 4.69) is 39.3 Å². The molecule has 2 rings (SSSR count). The van der Waals surface area contributed by atoms with Crippen LogP contribution in [0.4, 0.5) is 0 Å². The zero-order chi connectivity index (χ0) is 14.5. The molecule has 1 saturated heterocycles. The van der Waals surface area contributed by atoms with E-state index in [0.29, 0.717) is 6.01 Å². The summed E-state index contributed by atoms with van der Waals surface area (Å²) in [7, 11) is 5.84. The number of hydrogen-bond donors (Lipinski definition) is 2.